The van der Waals surface area contributed by atoms with Gasteiger partial charge in [0.2, 0.25) is 0 Å². The van der Waals surface area contributed by atoms with Gasteiger partial charge in [-0.1, -0.05) is 39.3 Å². The fraction of sp³-hybridized carbons (Fsp3) is 0.714. The Morgan fingerprint density at radius 3 is 2.53 bits per heavy atom. The van der Waals surface area contributed by atoms with Crippen LogP contribution >= 0.6 is 22.9 Å². The van der Waals surface area contributed by atoms with Crippen LogP contribution in [0, 0.1) is 5.41 Å². The van der Waals surface area contributed by atoms with E-state index in [0.717, 1.165) is 17.3 Å². The van der Waals surface area contributed by atoms with Gasteiger partial charge in [0, 0.05) is 10.9 Å². The third-order valence-corrected chi connectivity index (χ3v) is 3.87. The molecule has 3 heteroatoms. The van der Waals surface area contributed by atoms with E-state index in [1.54, 1.807) is 11.3 Å². The quantitative estimate of drug-likeness (QED) is 0.789. The molecule has 1 aromatic heterocycles. The van der Waals surface area contributed by atoms with E-state index in [1.807, 2.05) is 6.07 Å². The summed E-state index contributed by atoms with van der Waals surface area (Å²) in [4.78, 5) is 1.38. The maximum Gasteiger partial charge on any atom is 0.0931 e. The lowest BCUT2D eigenvalue weighted by atomic mass is 9.86. The summed E-state index contributed by atoms with van der Waals surface area (Å²) in [5.74, 6) is 0. The van der Waals surface area contributed by atoms with Crippen molar-refractivity contribution in [3.8, 4) is 0 Å². The van der Waals surface area contributed by atoms with E-state index < -0.39 is 0 Å². The normalized spacial score (nSPS) is 13.9. The highest BCUT2D eigenvalue weighted by atomic mass is 35.5. The van der Waals surface area contributed by atoms with Gasteiger partial charge in [-0.05, 0) is 43.4 Å². The molecule has 98 valence electrons. The molecule has 17 heavy (non-hydrogen) atoms. The highest BCUT2D eigenvalue weighted by molar-refractivity contribution is 7.16. The monoisotopic (exact) mass is 273 g/mol. The van der Waals surface area contributed by atoms with Crippen molar-refractivity contribution in [2.75, 3.05) is 6.54 Å². The molecule has 0 aromatic carbocycles. The van der Waals surface area contributed by atoms with E-state index in [2.05, 4.69) is 39.1 Å². The highest BCUT2D eigenvalue weighted by Gasteiger charge is 2.19. The van der Waals surface area contributed by atoms with Crippen molar-refractivity contribution in [3.05, 3.63) is 21.3 Å². The van der Waals surface area contributed by atoms with Crippen molar-refractivity contribution in [3.63, 3.8) is 0 Å². The fourth-order valence-corrected chi connectivity index (χ4v) is 3.18. The number of halogens is 1. The molecule has 0 bridgehead atoms. The zero-order valence-corrected chi connectivity index (χ0v) is 12.9. The van der Waals surface area contributed by atoms with Crippen molar-refractivity contribution in [2.45, 2.75) is 53.0 Å². The Morgan fingerprint density at radius 2 is 2.06 bits per heavy atom. The summed E-state index contributed by atoms with van der Waals surface area (Å²) in [5, 5.41) is 3.65. The summed E-state index contributed by atoms with van der Waals surface area (Å²) in [7, 11) is 0. The Morgan fingerprint density at radius 1 is 1.35 bits per heavy atom. The molecule has 1 atom stereocenters. The van der Waals surface area contributed by atoms with Crippen LogP contribution in [0.4, 0.5) is 0 Å². The number of hydrogen-bond acceptors (Lipinski definition) is 2. The first-order valence-electron chi connectivity index (χ1n) is 6.38. The second-order valence-electron chi connectivity index (χ2n) is 5.83. The molecule has 0 aliphatic rings. The van der Waals surface area contributed by atoms with Crippen LogP contribution in [0.2, 0.25) is 4.34 Å². The minimum absolute atomic E-state index is 0.368. The van der Waals surface area contributed by atoms with Gasteiger partial charge >= 0.3 is 0 Å². The smallest absolute Gasteiger partial charge is 0.0931 e. The van der Waals surface area contributed by atoms with Gasteiger partial charge in [0.15, 0.2) is 0 Å². The Labute approximate surface area is 115 Å². The standard InChI is InChI=1S/C14H24ClNS/c1-5-8-16-11(10-14(2,3)4)9-12-6-7-13(15)17-12/h6-7,11,16H,5,8-10H2,1-4H3. The molecule has 0 aliphatic carbocycles. The maximum atomic E-state index is 5.98. The maximum absolute atomic E-state index is 5.98. The van der Waals surface area contributed by atoms with Gasteiger partial charge in [-0.15, -0.1) is 11.3 Å². The molecule has 1 unspecified atom stereocenters. The largest absolute Gasteiger partial charge is 0.314 e. The minimum Gasteiger partial charge on any atom is -0.314 e. The predicted octanol–water partition coefficient (Wildman–Crippen LogP) is 4.75. The topological polar surface area (TPSA) is 12.0 Å². The average molecular weight is 274 g/mol. The zero-order valence-electron chi connectivity index (χ0n) is 11.3. The van der Waals surface area contributed by atoms with Crippen LogP contribution in [0.5, 0.6) is 0 Å². The third-order valence-electron chi connectivity index (χ3n) is 2.62. The van der Waals surface area contributed by atoms with Crippen molar-refractivity contribution >= 4 is 22.9 Å². The molecule has 0 radical (unpaired) electrons. The summed E-state index contributed by atoms with van der Waals surface area (Å²) in [6.45, 7) is 10.2. The van der Waals surface area contributed by atoms with Gasteiger partial charge in [-0.2, -0.15) is 0 Å². The molecule has 1 aromatic rings. The Kier molecular flexibility index (Phi) is 5.98. The molecule has 0 aliphatic heterocycles. The van der Waals surface area contributed by atoms with Crippen LogP contribution in [0.15, 0.2) is 12.1 Å². The van der Waals surface area contributed by atoms with E-state index in [-0.39, 0.29) is 0 Å². The van der Waals surface area contributed by atoms with Crippen molar-refractivity contribution in [1.29, 1.82) is 0 Å². The van der Waals surface area contributed by atoms with Crippen molar-refractivity contribution in [2.24, 2.45) is 5.41 Å². The summed E-state index contributed by atoms with van der Waals surface area (Å²) in [5.41, 5.74) is 0.368. The Hall–Kier alpha value is -0.0500. The summed E-state index contributed by atoms with van der Waals surface area (Å²) >= 11 is 7.68. The summed E-state index contributed by atoms with van der Waals surface area (Å²) in [6.07, 6.45) is 3.48. The van der Waals surface area contributed by atoms with E-state index in [0.29, 0.717) is 11.5 Å². The molecule has 0 fully saturated rings. The Balaban J connectivity index is 2.56. The third kappa shape index (κ3) is 6.44. The second-order valence-corrected chi connectivity index (χ2v) is 7.63. The molecule has 0 saturated carbocycles. The first-order chi connectivity index (χ1) is 7.90. The summed E-state index contributed by atoms with van der Waals surface area (Å²) in [6, 6.07) is 4.70. The highest BCUT2D eigenvalue weighted by Crippen LogP contribution is 2.26. The first-order valence-corrected chi connectivity index (χ1v) is 7.58. The van der Waals surface area contributed by atoms with Gasteiger partial charge < -0.3 is 5.32 Å². The number of hydrogen-bond donors (Lipinski definition) is 1. The van der Waals surface area contributed by atoms with Crippen LogP contribution in [0.1, 0.15) is 45.4 Å². The lowest BCUT2D eigenvalue weighted by Gasteiger charge is -2.26. The van der Waals surface area contributed by atoms with Crippen LogP contribution in [-0.4, -0.2) is 12.6 Å². The van der Waals surface area contributed by atoms with Crippen LogP contribution in [0.3, 0.4) is 0 Å². The fourth-order valence-electron chi connectivity index (χ4n) is 2.01. The van der Waals surface area contributed by atoms with Crippen LogP contribution in [0.25, 0.3) is 0 Å². The number of rotatable bonds is 6. The number of thiophene rings is 1. The minimum atomic E-state index is 0.368. The van der Waals surface area contributed by atoms with E-state index in [1.165, 1.54) is 17.7 Å². The molecule has 1 heterocycles. The van der Waals surface area contributed by atoms with E-state index >= 15 is 0 Å². The lowest BCUT2D eigenvalue weighted by molar-refractivity contribution is 0.307. The summed E-state index contributed by atoms with van der Waals surface area (Å²) < 4.78 is 0.894. The average Bonchev–Trinajstić information content (AvgIpc) is 2.58. The molecule has 1 rings (SSSR count). The molecular weight excluding hydrogens is 250 g/mol. The molecule has 1 nitrogen and oxygen atoms in total. The predicted molar refractivity (Wildman–Crippen MR) is 79.2 cm³/mol. The first kappa shape index (κ1) is 15.0. The van der Waals surface area contributed by atoms with Crippen molar-refractivity contribution in [1.82, 2.24) is 5.32 Å². The second kappa shape index (κ2) is 6.77. The SMILES string of the molecule is CCCNC(Cc1ccc(Cl)s1)CC(C)(C)C. The number of nitrogens with one attached hydrogen (secondary N) is 1. The molecule has 0 saturated heterocycles. The van der Waals surface area contributed by atoms with Crippen molar-refractivity contribution < 1.29 is 0 Å². The Bertz CT molecular complexity index is 327. The van der Waals surface area contributed by atoms with Crippen LogP contribution < -0.4 is 5.32 Å². The van der Waals surface area contributed by atoms with Gasteiger partial charge in [0.25, 0.3) is 0 Å². The van der Waals surface area contributed by atoms with Crippen LogP contribution in [-0.2, 0) is 6.42 Å². The molecule has 0 spiro atoms. The van der Waals surface area contributed by atoms with Gasteiger partial charge in [-0.3, -0.25) is 0 Å². The molecule has 0 amide bonds. The van der Waals surface area contributed by atoms with Gasteiger partial charge in [0.05, 0.1) is 4.34 Å². The van der Waals surface area contributed by atoms with E-state index in [9.17, 15) is 0 Å². The molecule has 1 N–H and O–H groups in total. The van der Waals surface area contributed by atoms with E-state index in [4.69, 9.17) is 11.6 Å². The molecular formula is C14H24ClNS. The van der Waals surface area contributed by atoms with Gasteiger partial charge in [0.1, 0.15) is 0 Å². The van der Waals surface area contributed by atoms with Gasteiger partial charge in [-0.25, -0.2) is 0 Å². The zero-order chi connectivity index (χ0) is 12.9. The lowest BCUT2D eigenvalue weighted by Crippen LogP contribution is -2.35.